The molecule has 3 aliphatic rings. The number of hydrogen-bond acceptors (Lipinski definition) is 5. The minimum atomic E-state index is -0.202. The minimum Gasteiger partial charge on any atom is -0.341 e. The molecule has 37 heavy (non-hydrogen) atoms. The van der Waals surface area contributed by atoms with E-state index in [-0.39, 0.29) is 29.8 Å². The van der Waals surface area contributed by atoms with Crippen LogP contribution in [0.1, 0.15) is 63.4 Å². The summed E-state index contributed by atoms with van der Waals surface area (Å²) in [6.07, 6.45) is 15.0. The van der Waals surface area contributed by atoms with Crippen LogP contribution in [0.4, 0.5) is 0 Å². The van der Waals surface area contributed by atoms with Gasteiger partial charge in [0.05, 0.1) is 6.04 Å². The van der Waals surface area contributed by atoms with Crippen molar-refractivity contribution in [2.45, 2.75) is 82.8 Å². The Kier molecular flexibility index (Phi) is 10.3. The van der Waals surface area contributed by atoms with Gasteiger partial charge in [0, 0.05) is 30.7 Å². The summed E-state index contributed by atoms with van der Waals surface area (Å²) in [6, 6.07) is 8.13. The Hall–Kier alpha value is -1.67. The van der Waals surface area contributed by atoms with Gasteiger partial charge in [-0.05, 0) is 87.1 Å². The number of carbonyl (C=O) groups is 1. The van der Waals surface area contributed by atoms with Crippen molar-refractivity contribution in [1.82, 2.24) is 30.3 Å². The van der Waals surface area contributed by atoms with Gasteiger partial charge in [0.25, 0.3) is 0 Å². The summed E-state index contributed by atoms with van der Waals surface area (Å²) in [5.74, 6) is 0.965. The number of hydrogen-bond donors (Lipinski definition) is 2. The first-order chi connectivity index (χ1) is 17.6. The van der Waals surface area contributed by atoms with Crippen LogP contribution in [0, 0.1) is 11.3 Å². The zero-order chi connectivity index (χ0) is 24.8. The van der Waals surface area contributed by atoms with Gasteiger partial charge in [-0.15, -0.1) is 12.4 Å². The number of rotatable bonds is 8. The maximum absolute atomic E-state index is 13.9. The van der Waals surface area contributed by atoms with Crippen LogP contribution in [0.5, 0.6) is 0 Å². The summed E-state index contributed by atoms with van der Waals surface area (Å²) in [5.41, 5.74) is 1.36. The lowest BCUT2D eigenvalue weighted by atomic mass is 9.63. The van der Waals surface area contributed by atoms with E-state index < -0.39 is 0 Å². The molecule has 0 bridgehead atoms. The molecule has 7 nitrogen and oxygen atoms in total. The number of amides is 1. The Morgan fingerprint density at radius 3 is 2.43 bits per heavy atom. The molecule has 5 rings (SSSR count). The molecule has 3 heterocycles. The molecule has 1 aromatic heterocycles. The van der Waals surface area contributed by atoms with E-state index in [9.17, 15) is 4.79 Å². The first-order valence-corrected chi connectivity index (χ1v) is 14.3. The van der Waals surface area contributed by atoms with E-state index in [0.29, 0.717) is 18.4 Å². The van der Waals surface area contributed by atoms with Crippen molar-refractivity contribution in [2.75, 3.05) is 26.2 Å². The van der Waals surface area contributed by atoms with Gasteiger partial charge in [0.15, 0.2) is 0 Å². The smallest absolute Gasteiger partial charge is 0.240 e. The molecule has 2 saturated heterocycles. The Morgan fingerprint density at radius 2 is 1.78 bits per heavy atom. The Labute approximate surface area is 232 Å². The van der Waals surface area contributed by atoms with Gasteiger partial charge >= 0.3 is 0 Å². The van der Waals surface area contributed by atoms with Crippen molar-refractivity contribution in [1.29, 1.82) is 0 Å². The summed E-state index contributed by atoms with van der Waals surface area (Å²) in [4.78, 5) is 20.3. The summed E-state index contributed by atoms with van der Waals surface area (Å²) in [6.45, 7) is 4.59. The molecule has 1 saturated carbocycles. The van der Waals surface area contributed by atoms with Gasteiger partial charge in [-0.3, -0.25) is 9.48 Å². The van der Waals surface area contributed by atoms with Crippen molar-refractivity contribution in [3.8, 4) is 0 Å². The fourth-order valence-corrected chi connectivity index (χ4v) is 6.91. The van der Waals surface area contributed by atoms with Gasteiger partial charge < -0.3 is 15.5 Å². The van der Waals surface area contributed by atoms with Crippen LogP contribution in [0.15, 0.2) is 36.9 Å². The normalized spacial score (nSPS) is 21.8. The van der Waals surface area contributed by atoms with Crippen LogP contribution in [0.2, 0.25) is 5.02 Å². The largest absolute Gasteiger partial charge is 0.341 e. The summed E-state index contributed by atoms with van der Waals surface area (Å²) >= 11 is 6.12. The molecule has 1 amide bonds. The minimum absolute atomic E-state index is 0. The van der Waals surface area contributed by atoms with Gasteiger partial charge in [0.2, 0.25) is 5.91 Å². The highest BCUT2D eigenvalue weighted by Gasteiger charge is 2.43. The zero-order valence-electron chi connectivity index (χ0n) is 21.8. The fraction of sp³-hybridized carbons (Fsp3) is 0.679. The molecule has 1 aliphatic carbocycles. The van der Waals surface area contributed by atoms with E-state index in [4.69, 9.17) is 11.6 Å². The highest BCUT2D eigenvalue weighted by molar-refractivity contribution is 6.30. The van der Waals surface area contributed by atoms with Crippen LogP contribution < -0.4 is 10.6 Å². The predicted octanol–water partition coefficient (Wildman–Crippen LogP) is 4.50. The molecule has 2 N–H and O–H groups in total. The van der Waals surface area contributed by atoms with E-state index in [1.54, 1.807) is 6.33 Å². The zero-order valence-corrected chi connectivity index (χ0v) is 23.4. The number of piperidine rings is 2. The van der Waals surface area contributed by atoms with E-state index in [1.807, 2.05) is 23.1 Å². The monoisotopic (exact) mass is 548 g/mol. The van der Waals surface area contributed by atoms with Crippen LogP contribution in [-0.4, -0.2) is 63.8 Å². The average Bonchev–Trinajstić information content (AvgIpc) is 3.43. The SMILES string of the molecule is Cl.O=C([C@@H](Cc1ccc(Cl)cc1)NC1CCNCC1)N1CCC(Cn2cncn2)(C2CCCCC2)CC1. The third-order valence-electron chi connectivity index (χ3n) is 8.91. The molecular weight excluding hydrogens is 507 g/mol. The molecule has 1 aromatic carbocycles. The number of nitrogens with one attached hydrogen (secondary N) is 2. The molecule has 2 aromatic rings. The Bertz CT molecular complexity index is 950. The lowest BCUT2D eigenvalue weighted by molar-refractivity contribution is -0.137. The van der Waals surface area contributed by atoms with E-state index >= 15 is 0 Å². The van der Waals surface area contributed by atoms with E-state index in [0.717, 1.165) is 69.0 Å². The number of aromatic nitrogens is 3. The summed E-state index contributed by atoms with van der Waals surface area (Å²) < 4.78 is 2.02. The molecule has 0 spiro atoms. The fourth-order valence-electron chi connectivity index (χ4n) is 6.79. The predicted molar refractivity (Wildman–Crippen MR) is 150 cm³/mol. The quantitative estimate of drug-likeness (QED) is 0.508. The molecular formula is C28H42Cl2N6O. The van der Waals surface area contributed by atoms with Gasteiger partial charge in [0.1, 0.15) is 12.7 Å². The molecule has 2 aliphatic heterocycles. The Balaban J connectivity index is 0.00000320. The second kappa shape index (κ2) is 13.4. The highest BCUT2D eigenvalue weighted by atomic mass is 35.5. The molecule has 9 heteroatoms. The second-order valence-corrected chi connectivity index (χ2v) is 11.6. The standard InChI is InChI=1S/C28H41ClN6O.ClH/c29-24-8-6-22(7-9-24)18-26(33-25-10-14-30-15-11-25)27(36)34-16-12-28(13-17-34,19-35-21-31-20-32-35)23-4-2-1-3-5-23;/h6-9,20-21,23,25-26,30,33H,1-5,10-19H2;1H/t26-;/m1./s1. The number of likely N-dealkylation sites (tertiary alicyclic amines) is 1. The first kappa shape index (κ1) is 28.3. The molecule has 1 atom stereocenters. The van der Waals surface area contributed by atoms with E-state index in [2.05, 4.69) is 37.7 Å². The maximum atomic E-state index is 13.9. The van der Waals surface area contributed by atoms with Crippen molar-refractivity contribution in [3.05, 3.63) is 47.5 Å². The number of benzene rings is 1. The number of nitrogens with zero attached hydrogens (tertiary/aromatic N) is 4. The van der Waals surface area contributed by atoms with Gasteiger partial charge in [-0.25, -0.2) is 4.98 Å². The third-order valence-corrected chi connectivity index (χ3v) is 9.16. The van der Waals surface area contributed by atoms with Crippen LogP contribution in [-0.2, 0) is 17.8 Å². The van der Waals surface area contributed by atoms with Crippen molar-refractivity contribution in [3.63, 3.8) is 0 Å². The third kappa shape index (κ3) is 7.25. The van der Waals surface area contributed by atoms with Crippen molar-refractivity contribution >= 4 is 29.9 Å². The van der Waals surface area contributed by atoms with Gasteiger partial charge in [-0.1, -0.05) is 43.0 Å². The van der Waals surface area contributed by atoms with E-state index in [1.165, 1.54) is 32.1 Å². The lowest BCUT2D eigenvalue weighted by Gasteiger charge is -2.48. The number of carbonyl (C=O) groups excluding carboxylic acids is 1. The lowest BCUT2D eigenvalue weighted by Crippen LogP contribution is -2.56. The average molecular weight is 550 g/mol. The summed E-state index contributed by atoms with van der Waals surface area (Å²) in [5, 5.41) is 12.4. The highest BCUT2D eigenvalue weighted by Crippen LogP contribution is 2.47. The van der Waals surface area contributed by atoms with Crippen molar-refractivity contribution < 1.29 is 4.79 Å². The molecule has 0 unspecified atom stereocenters. The van der Waals surface area contributed by atoms with Crippen LogP contribution >= 0.6 is 24.0 Å². The topological polar surface area (TPSA) is 75.1 Å². The van der Waals surface area contributed by atoms with Crippen molar-refractivity contribution in [2.24, 2.45) is 11.3 Å². The molecule has 3 fully saturated rings. The summed E-state index contributed by atoms with van der Waals surface area (Å²) in [7, 11) is 0. The van der Waals surface area contributed by atoms with Crippen LogP contribution in [0.25, 0.3) is 0 Å². The number of halogens is 2. The Morgan fingerprint density at radius 1 is 1.08 bits per heavy atom. The van der Waals surface area contributed by atoms with Crippen LogP contribution in [0.3, 0.4) is 0 Å². The maximum Gasteiger partial charge on any atom is 0.240 e. The molecule has 0 radical (unpaired) electrons. The second-order valence-electron chi connectivity index (χ2n) is 11.2. The first-order valence-electron chi connectivity index (χ1n) is 13.9. The molecule has 204 valence electrons. The van der Waals surface area contributed by atoms with Gasteiger partial charge in [-0.2, -0.15) is 5.10 Å².